The minimum absolute atomic E-state index is 0.179. The van der Waals surface area contributed by atoms with Crippen molar-refractivity contribution in [1.29, 1.82) is 0 Å². The molecule has 0 bridgehead atoms. The minimum Gasteiger partial charge on any atom is -0.490 e. The Hall–Kier alpha value is -4.38. The Balaban J connectivity index is 1.37. The third-order valence-electron chi connectivity index (χ3n) is 5.98. The first-order valence-electron chi connectivity index (χ1n) is 12.1. The largest absolute Gasteiger partial charge is 0.490 e. The highest BCUT2D eigenvalue weighted by atomic mass is 19.1. The summed E-state index contributed by atoms with van der Waals surface area (Å²) in [6, 6.07) is 10.7. The van der Waals surface area contributed by atoms with Gasteiger partial charge in [-0.1, -0.05) is 23.4 Å². The second-order valence-corrected chi connectivity index (χ2v) is 9.14. The molecule has 0 radical (unpaired) electrons. The molecule has 0 saturated heterocycles. The van der Waals surface area contributed by atoms with Crippen molar-refractivity contribution in [2.75, 3.05) is 27.2 Å². The maximum absolute atomic E-state index is 13.7. The SMILES string of the molecule is CC(c1cccc(-c2ncc(OCCCN(C)C)cn2)c1)n1nnc2cnc(-c3cc(F)cc(F)c3)nc21. The van der Waals surface area contributed by atoms with Crippen molar-refractivity contribution in [3.63, 3.8) is 0 Å². The Bertz CT molecular complexity index is 1530. The van der Waals surface area contributed by atoms with Gasteiger partial charge in [0, 0.05) is 23.7 Å². The lowest BCUT2D eigenvalue weighted by Gasteiger charge is -2.14. The van der Waals surface area contributed by atoms with Crippen molar-refractivity contribution in [1.82, 2.24) is 39.8 Å². The summed E-state index contributed by atoms with van der Waals surface area (Å²) in [4.78, 5) is 19.8. The van der Waals surface area contributed by atoms with E-state index < -0.39 is 11.6 Å². The van der Waals surface area contributed by atoms with E-state index in [0.717, 1.165) is 30.2 Å². The van der Waals surface area contributed by atoms with Gasteiger partial charge in [-0.2, -0.15) is 0 Å². The first kappa shape index (κ1) is 25.3. The van der Waals surface area contributed by atoms with Crippen molar-refractivity contribution in [3.8, 4) is 28.5 Å². The normalized spacial score (nSPS) is 12.3. The summed E-state index contributed by atoms with van der Waals surface area (Å²) in [6.45, 7) is 3.50. The van der Waals surface area contributed by atoms with Crippen molar-refractivity contribution < 1.29 is 13.5 Å². The third-order valence-corrected chi connectivity index (χ3v) is 5.98. The predicted octanol–water partition coefficient (Wildman–Crippen LogP) is 4.56. The van der Waals surface area contributed by atoms with Crippen LogP contribution in [0.15, 0.2) is 61.1 Å². The lowest BCUT2D eigenvalue weighted by Crippen LogP contribution is -2.15. The molecule has 3 aromatic heterocycles. The molecule has 0 saturated carbocycles. The summed E-state index contributed by atoms with van der Waals surface area (Å²) in [7, 11) is 4.05. The van der Waals surface area contributed by atoms with Crippen molar-refractivity contribution in [2.45, 2.75) is 19.4 Å². The van der Waals surface area contributed by atoms with Crippen LogP contribution < -0.4 is 4.74 Å². The van der Waals surface area contributed by atoms with Crippen LogP contribution in [0.5, 0.6) is 5.75 Å². The van der Waals surface area contributed by atoms with Crippen LogP contribution >= 0.6 is 0 Å². The molecule has 1 unspecified atom stereocenters. The smallest absolute Gasteiger partial charge is 0.182 e. The highest BCUT2D eigenvalue weighted by Gasteiger charge is 2.17. The quantitative estimate of drug-likeness (QED) is 0.263. The van der Waals surface area contributed by atoms with E-state index in [1.165, 1.54) is 18.3 Å². The van der Waals surface area contributed by atoms with Crippen LogP contribution in [0.2, 0.25) is 0 Å². The number of halogens is 2. The van der Waals surface area contributed by atoms with Crippen LogP contribution in [0.1, 0.15) is 24.9 Å². The zero-order chi connectivity index (χ0) is 26.6. The summed E-state index contributed by atoms with van der Waals surface area (Å²) in [5.41, 5.74) is 2.92. The number of aromatic nitrogens is 7. The Morgan fingerprint density at radius 2 is 1.66 bits per heavy atom. The van der Waals surface area contributed by atoms with Gasteiger partial charge >= 0.3 is 0 Å². The number of benzene rings is 2. The van der Waals surface area contributed by atoms with Gasteiger partial charge in [0.2, 0.25) is 0 Å². The van der Waals surface area contributed by atoms with Crippen LogP contribution in [0.4, 0.5) is 8.78 Å². The number of fused-ring (bicyclic) bond motifs is 1. The van der Waals surface area contributed by atoms with E-state index in [2.05, 4.69) is 35.1 Å². The Labute approximate surface area is 218 Å². The third kappa shape index (κ3) is 5.62. The Kier molecular flexibility index (Phi) is 7.27. The second-order valence-electron chi connectivity index (χ2n) is 9.14. The number of hydrogen-bond acceptors (Lipinski definition) is 8. The number of nitrogens with zero attached hydrogens (tertiary/aromatic N) is 8. The molecule has 38 heavy (non-hydrogen) atoms. The zero-order valence-electron chi connectivity index (χ0n) is 21.2. The molecule has 5 rings (SSSR count). The zero-order valence-corrected chi connectivity index (χ0v) is 21.2. The first-order chi connectivity index (χ1) is 18.4. The average Bonchev–Trinajstić information content (AvgIpc) is 3.34. The second kappa shape index (κ2) is 10.9. The van der Waals surface area contributed by atoms with Crippen molar-refractivity contribution >= 4 is 11.2 Å². The van der Waals surface area contributed by atoms with Gasteiger partial charge in [0.15, 0.2) is 28.6 Å². The topological polar surface area (TPSA) is 94.7 Å². The fourth-order valence-corrected chi connectivity index (χ4v) is 4.02. The highest BCUT2D eigenvalue weighted by molar-refractivity contribution is 5.72. The van der Waals surface area contributed by atoms with E-state index >= 15 is 0 Å². The number of rotatable bonds is 9. The van der Waals surface area contributed by atoms with Crippen molar-refractivity contribution in [2.24, 2.45) is 0 Å². The molecule has 0 aliphatic rings. The molecule has 0 fully saturated rings. The van der Waals surface area contributed by atoms with Gasteiger partial charge in [-0.3, -0.25) is 0 Å². The molecular weight excluding hydrogens is 490 g/mol. The molecule has 0 spiro atoms. The molecule has 2 aromatic carbocycles. The summed E-state index contributed by atoms with van der Waals surface area (Å²) in [6.07, 6.45) is 5.75. The average molecular weight is 517 g/mol. The number of ether oxygens (including phenoxy) is 1. The van der Waals surface area contributed by atoms with E-state index in [0.29, 0.717) is 29.3 Å². The molecule has 0 N–H and O–H groups in total. The molecule has 0 amide bonds. The van der Waals surface area contributed by atoms with Gasteiger partial charge in [-0.25, -0.2) is 33.4 Å². The van der Waals surface area contributed by atoms with E-state index in [4.69, 9.17) is 4.74 Å². The lowest BCUT2D eigenvalue weighted by atomic mass is 10.0. The van der Waals surface area contributed by atoms with Crippen molar-refractivity contribution in [3.05, 3.63) is 78.3 Å². The maximum atomic E-state index is 13.7. The van der Waals surface area contributed by atoms with Gasteiger partial charge in [0.05, 0.1) is 31.2 Å². The lowest BCUT2D eigenvalue weighted by molar-refractivity contribution is 0.280. The Morgan fingerprint density at radius 1 is 0.921 bits per heavy atom. The molecule has 0 aliphatic heterocycles. The van der Waals surface area contributed by atoms with Gasteiger partial charge in [0.25, 0.3) is 0 Å². The summed E-state index contributed by atoms with van der Waals surface area (Å²) in [5.74, 6) is -0.0307. The van der Waals surface area contributed by atoms with Gasteiger partial charge in [0.1, 0.15) is 11.6 Å². The molecule has 3 heterocycles. The van der Waals surface area contributed by atoms with Crippen LogP contribution in [0.25, 0.3) is 33.9 Å². The fourth-order valence-electron chi connectivity index (χ4n) is 4.02. The van der Waals surface area contributed by atoms with Gasteiger partial charge in [-0.05, 0) is 51.2 Å². The molecule has 9 nitrogen and oxygen atoms in total. The minimum atomic E-state index is -0.702. The molecule has 11 heteroatoms. The number of hydrogen-bond donors (Lipinski definition) is 0. The first-order valence-corrected chi connectivity index (χ1v) is 12.1. The fraction of sp³-hybridized carbons (Fsp3) is 0.259. The van der Waals surface area contributed by atoms with E-state index in [9.17, 15) is 8.78 Å². The van der Waals surface area contributed by atoms with Crippen LogP contribution in [0.3, 0.4) is 0 Å². The molecular formula is C27H26F2N8O. The summed E-state index contributed by atoms with van der Waals surface area (Å²) >= 11 is 0. The van der Waals surface area contributed by atoms with E-state index in [-0.39, 0.29) is 17.4 Å². The van der Waals surface area contributed by atoms with E-state index in [1.54, 1.807) is 17.1 Å². The van der Waals surface area contributed by atoms with Crippen LogP contribution in [0, 0.1) is 11.6 Å². The predicted molar refractivity (Wildman–Crippen MR) is 138 cm³/mol. The monoisotopic (exact) mass is 516 g/mol. The molecule has 0 aliphatic carbocycles. The molecule has 194 valence electrons. The van der Waals surface area contributed by atoms with E-state index in [1.807, 2.05) is 45.3 Å². The molecule has 1 atom stereocenters. The summed E-state index contributed by atoms with van der Waals surface area (Å²) < 4.78 is 34.9. The van der Waals surface area contributed by atoms with Gasteiger partial charge < -0.3 is 9.64 Å². The molecule has 5 aromatic rings. The maximum Gasteiger partial charge on any atom is 0.182 e. The van der Waals surface area contributed by atoms with Gasteiger partial charge in [-0.15, -0.1) is 5.10 Å². The standard InChI is InChI=1S/C27H26F2N8O/c1-17(37-27-24(34-35-37)16-32-26(33-27)20-11-21(28)13-22(29)12-20)18-6-4-7-19(10-18)25-30-14-23(15-31-25)38-9-5-8-36(2)3/h4,6-7,10-17H,5,8-9H2,1-3H3. The highest BCUT2D eigenvalue weighted by Crippen LogP contribution is 2.26. The Morgan fingerprint density at radius 3 is 2.39 bits per heavy atom. The van der Waals surface area contributed by atoms with Crippen LogP contribution in [-0.2, 0) is 0 Å². The van der Waals surface area contributed by atoms with Crippen LogP contribution in [-0.4, -0.2) is 67.1 Å². The summed E-state index contributed by atoms with van der Waals surface area (Å²) in [5, 5.41) is 8.43.